The summed E-state index contributed by atoms with van der Waals surface area (Å²) in [6.45, 7) is 3.64. The van der Waals surface area contributed by atoms with Gasteiger partial charge in [-0.05, 0) is 72.9 Å². The van der Waals surface area contributed by atoms with Crippen LogP contribution in [0.15, 0.2) is 126 Å². The first kappa shape index (κ1) is 36.1. The molecule has 0 aromatic heterocycles. The number of hydrogen-bond donors (Lipinski definition) is 1. The summed E-state index contributed by atoms with van der Waals surface area (Å²) >= 11 is 7.63. The summed E-state index contributed by atoms with van der Waals surface area (Å²) in [5, 5.41) is 11.8. The Kier molecular flexibility index (Phi) is 16.8. The number of benzene rings is 4. The minimum absolute atomic E-state index is 0.0634. The van der Waals surface area contributed by atoms with Crippen molar-refractivity contribution >= 4 is 69.9 Å². The highest BCUT2D eigenvalue weighted by Gasteiger charge is 2.40. The first-order chi connectivity index (χ1) is 21.5. The van der Waals surface area contributed by atoms with Crippen molar-refractivity contribution in [1.29, 1.82) is 0 Å². The van der Waals surface area contributed by atoms with Gasteiger partial charge in [0, 0.05) is 22.5 Å². The maximum atomic E-state index is 11.8. The fourth-order valence-corrected chi connectivity index (χ4v) is 8.36. The molecule has 5 unspecified atom stereocenters. The average Bonchev–Trinajstić information content (AvgIpc) is 3.05. The maximum Gasteiger partial charge on any atom is 0.133 e. The molecule has 4 aromatic carbocycles. The summed E-state index contributed by atoms with van der Waals surface area (Å²) in [6, 6.07) is 40.1. The Balaban J connectivity index is 1.67. The van der Waals surface area contributed by atoms with Gasteiger partial charge in [-0.1, -0.05) is 128 Å². The van der Waals surface area contributed by atoms with Crippen LogP contribution in [0, 0.1) is 5.92 Å². The van der Waals surface area contributed by atoms with Crippen LogP contribution in [0.25, 0.3) is 0 Å². The highest BCUT2D eigenvalue weighted by molar-refractivity contribution is 14.3. The third-order valence-corrected chi connectivity index (χ3v) is 11.7. The van der Waals surface area contributed by atoms with Crippen LogP contribution in [-0.4, -0.2) is 35.5 Å². The first-order valence-corrected chi connectivity index (χ1v) is 23.4. The molecule has 0 aliphatic carbocycles. The summed E-state index contributed by atoms with van der Waals surface area (Å²) in [7, 11) is 0. The predicted octanol–water partition coefficient (Wildman–Crippen LogP) is 10.3. The van der Waals surface area contributed by atoms with Gasteiger partial charge >= 0.3 is 0 Å². The summed E-state index contributed by atoms with van der Waals surface area (Å²) in [5.41, 5.74) is 2.18. The van der Waals surface area contributed by atoms with Crippen molar-refractivity contribution in [2.45, 2.75) is 55.4 Å². The lowest BCUT2D eigenvalue weighted by molar-refractivity contribution is -0.180. The molecule has 0 radical (unpaired) electrons. The Bertz CT molecular complexity index is 1310. The molecule has 0 amide bonds. The van der Waals surface area contributed by atoms with Gasteiger partial charge in [-0.15, -0.1) is 0 Å². The van der Waals surface area contributed by atoms with Crippen molar-refractivity contribution in [1.82, 2.24) is 0 Å². The zero-order valence-electron chi connectivity index (χ0n) is 24.4. The molecule has 0 saturated carbocycles. The fourth-order valence-electron chi connectivity index (χ4n) is 4.58. The topological polar surface area (TPSA) is 57.2 Å². The number of aliphatic hydroxyl groups is 1. The van der Waals surface area contributed by atoms with E-state index >= 15 is 0 Å². The molecule has 0 fully saturated rings. The molecule has 10 heteroatoms. The Morgan fingerprint density at radius 2 is 1.02 bits per heavy atom. The van der Waals surface area contributed by atoms with Crippen molar-refractivity contribution in [3.8, 4) is 0 Å². The Labute approximate surface area is 296 Å². The van der Waals surface area contributed by atoms with Gasteiger partial charge in [-0.3, -0.25) is 0 Å². The molecule has 5 nitrogen and oxygen atoms in total. The molecule has 44 heavy (non-hydrogen) atoms. The van der Waals surface area contributed by atoms with Crippen molar-refractivity contribution in [3.63, 3.8) is 0 Å². The van der Waals surface area contributed by atoms with Gasteiger partial charge in [0.25, 0.3) is 0 Å². The summed E-state index contributed by atoms with van der Waals surface area (Å²) in [4.78, 5) is 0.946. The van der Waals surface area contributed by atoms with Gasteiger partial charge in [0.2, 0.25) is 0 Å². The van der Waals surface area contributed by atoms with Gasteiger partial charge in [0.1, 0.15) is 20.1 Å². The molecule has 4 aromatic rings. The monoisotopic (exact) mass is 874 g/mol. The molecule has 0 bridgehead atoms. The molecular formula is C34H37I2O5PS2. The molecule has 0 aliphatic rings. The van der Waals surface area contributed by atoms with E-state index in [-0.39, 0.29) is 8.33 Å². The molecule has 234 valence electrons. The normalized spacial score (nSPS) is 15.0. The zero-order chi connectivity index (χ0) is 31.0. The largest absolute Gasteiger partial charge is 0.379 e. The van der Waals surface area contributed by atoms with Gasteiger partial charge in [-0.2, -0.15) is 0 Å². The highest BCUT2D eigenvalue weighted by Crippen LogP contribution is 2.65. The predicted molar refractivity (Wildman–Crippen MR) is 201 cm³/mol. The molecule has 5 atom stereocenters. The number of thioether (sulfide) groups is 1. The van der Waals surface area contributed by atoms with E-state index in [0.717, 1.165) is 21.6 Å². The molecule has 4 rings (SSSR count). The van der Waals surface area contributed by atoms with E-state index in [0.29, 0.717) is 26.4 Å². The summed E-state index contributed by atoms with van der Waals surface area (Å²) in [5.74, 6) is -0.0634. The van der Waals surface area contributed by atoms with Crippen LogP contribution in [-0.2, 0) is 38.2 Å². The van der Waals surface area contributed by atoms with E-state index in [9.17, 15) is 5.11 Å². The van der Waals surface area contributed by atoms with Gasteiger partial charge < -0.3 is 23.5 Å². The summed E-state index contributed by atoms with van der Waals surface area (Å²) in [6.07, 6.45) is -1.77. The minimum atomic E-state index is -0.927. The molecular weight excluding hydrogens is 837 g/mol. The van der Waals surface area contributed by atoms with E-state index in [1.165, 1.54) is 23.4 Å². The number of aliphatic hydroxyl groups excluding tert-OH is 1. The molecule has 1 N–H and O–H groups in total. The molecule has 0 spiro atoms. The van der Waals surface area contributed by atoms with E-state index < -0.39 is 23.7 Å². The Morgan fingerprint density at radius 1 is 0.614 bits per heavy atom. The van der Waals surface area contributed by atoms with Crippen LogP contribution < -0.4 is 0 Å². The van der Waals surface area contributed by atoms with Crippen LogP contribution in [0.5, 0.6) is 0 Å². The molecule has 0 aliphatic heterocycles. The second kappa shape index (κ2) is 20.5. The third-order valence-electron chi connectivity index (χ3n) is 6.79. The fraction of sp³-hybridized carbons (Fsp3) is 0.294. The van der Waals surface area contributed by atoms with Gasteiger partial charge in [0.15, 0.2) is 0 Å². The lowest BCUT2D eigenvalue weighted by Gasteiger charge is -2.38. The van der Waals surface area contributed by atoms with Crippen LogP contribution in [0.4, 0.5) is 0 Å². The standard InChI is InChI=1S/C34H37I2O5PS2/c1-26(22-41-44-42(35)36)31(38-23-27-14-6-2-7-15-27)32(39-24-28-16-8-3-9-17-28)33(40-25-29-18-10-4-11-19-29)34(37)43-30-20-12-5-13-21-30/h2-21,26,31-34,37H,22-25H2,1H3. The van der Waals surface area contributed by atoms with Crippen molar-refractivity contribution in [2.24, 2.45) is 5.92 Å². The third kappa shape index (κ3) is 12.8. The average molecular weight is 875 g/mol. The van der Waals surface area contributed by atoms with Crippen LogP contribution in [0.2, 0.25) is 0 Å². The quantitative estimate of drug-likeness (QED) is 0.0331. The van der Waals surface area contributed by atoms with Crippen LogP contribution in [0.1, 0.15) is 23.6 Å². The van der Waals surface area contributed by atoms with E-state index in [4.69, 9.17) is 18.4 Å². The summed E-state index contributed by atoms with van der Waals surface area (Å²) < 4.78 is 25.8. The molecule has 0 saturated heterocycles. The second-order valence-corrected chi connectivity index (χ2v) is 28.9. The van der Waals surface area contributed by atoms with Gasteiger partial charge in [0.05, 0.1) is 32.5 Å². The van der Waals surface area contributed by atoms with Crippen LogP contribution in [0.3, 0.4) is 0 Å². The van der Waals surface area contributed by atoms with E-state index in [1.807, 2.05) is 109 Å². The van der Waals surface area contributed by atoms with E-state index in [1.54, 1.807) is 0 Å². The number of halogens is 2. The van der Waals surface area contributed by atoms with Crippen molar-refractivity contribution in [3.05, 3.63) is 138 Å². The van der Waals surface area contributed by atoms with Crippen LogP contribution >= 0.6 is 69.9 Å². The van der Waals surface area contributed by atoms with Gasteiger partial charge in [-0.25, -0.2) is 0 Å². The minimum Gasteiger partial charge on any atom is -0.379 e. The SMILES string of the molecule is CC(COSP(I)I)C(OCc1ccccc1)C(OCc1ccccc1)C(OCc1ccccc1)C(O)Sc1ccccc1. The van der Waals surface area contributed by atoms with Crippen molar-refractivity contribution < 1.29 is 23.5 Å². The number of ether oxygens (including phenoxy) is 3. The Hall–Kier alpha value is -0.730. The maximum absolute atomic E-state index is 11.8. The molecule has 0 heterocycles. The van der Waals surface area contributed by atoms with E-state index in [2.05, 4.69) is 63.1 Å². The lowest BCUT2D eigenvalue weighted by atomic mass is 9.96. The Morgan fingerprint density at radius 3 is 1.48 bits per heavy atom. The number of hydrogen-bond acceptors (Lipinski definition) is 7. The lowest BCUT2D eigenvalue weighted by Crippen LogP contribution is -2.50. The zero-order valence-corrected chi connectivity index (χ0v) is 31.2. The first-order valence-electron chi connectivity index (χ1n) is 14.3. The number of rotatable bonds is 19. The second-order valence-electron chi connectivity index (χ2n) is 10.1. The van der Waals surface area contributed by atoms with Crippen molar-refractivity contribution in [2.75, 3.05) is 6.61 Å². The smallest absolute Gasteiger partial charge is 0.133 e. The highest BCUT2D eigenvalue weighted by atomic mass is 127.